The minimum atomic E-state index is -1.15. The molecule has 5 heteroatoms. The van der Waals surface area contributed by atoms with Crippen molar-refractivity contribution in [2.75, 3.05) is 6.54 Å². The first-order valence-electron chi connectivity index (χ1n) is 7.69. The second-order valence-corrected chi connectivity index (χ2v) is 5.58. The van der Waals surface area contributed by atoms with Crippen molar-refractivity contribution in [3.05, 3.63) is 71.8 Å². The van der Waals surface area contributed by atoms with Crippen molar-refractivity contribution in [2.45, 2.75) is 26.2 Å². The second-order valence-electron chi connectivity index (χ2n) is 5.58. The van der Waals surface area contributed by atoms with Crippen LogP contribution in [0.25, 0.3) is 0 Å². The van der Waals surface area contributed by atoms with E-state index in [-0.39, 0.29) is 18.9 Å². The van der Waals surface area contributed by atoms with Gasteiger partial charge in [0, 0.05) is 5.56 Å². The van der Waals surface area contributed by atoms with Crippen LogP contribution in [0.2, 0.25) is 0 Å². The Morgan fingerprint density at radius 3 is 2.17 bits per heavy atom. The molecule has 126 valence electrons. The fraction of sp³-hybridized carbons (Fsp3) is 0.263. The number of benzene rings is 2. The minimum absolute atomic E-state index is 0.0570. The highest BCUT2D eigenvalue weighted by Gasteiger charge is 2.31. The van der Waals surface area contributed by atoms with Gasteiger partial charge in [0.05, 0.1) is 6.54 Å². The molecule has 0 fully saturated rings. The summed E-state index contributed by atoms with van der Waals surface area (Å²) in [7, 11) is 0. The van der Waals surface area contributed by atoms with Gasteiger partial charge in [-0.3, -0.25) is 10.1 Å². The Balaban J connectivity index is 2.04. The third-order valence-electron chi connectivity index (χ3n) is 3.49. The molecule has 2 aromatic carbocycles. The summed E-state index contributed by atoms with van der Waals surface area (Å²) in [6.07, 6.45) is -0.804. The number of nitrogens with one attached hydrogen (secondary N) is 1. The van der Waals surface area contributed by atoms with E-state index in [9.17, 15) is 9.59 Å². The number of hydrogen-bond acceptors (Lipinski definition) is 5. The van der Waals surface area contributed by atoms with Gasteiger partial charge in [-0.1, -0.05) is 60.7 Å². The Hall–Kier alpha value is -2.66. The van der Waals surface area contributed by atoms with E-state index in [2.05, 4.69) is 5.32 Å². The number of rotatable bonds is 7. The zero-order valence-electron chi connectivity index (χ0n) is 13.8. The maximum atomic E-state index is 12.1. The summed E-state index contributed by atoms with van der Waals surface area (Å²) in [5.41, 5.74) is 0.441. The predicted molar refractivity (Wildman–Crippen MR) is 90.2 cm³/mol. The SMILES string of the molecule is CC(=O)CNC(C)(OC(=O)OCc1ccccc1)c1ccccc1. The molecular formula is C19H21NO4. The van der Waals surface area contributed by atoms with Crippen LogP contribution >= 0.6 is 0 Å². The molecule has 0 aliphatic heterocycles. The van der Waals surface area contributed by atoms with Crippen LogP contribution in [0.3, 0.4) is 0 Å². The summed E-state index contributed by atoms with van der Waals surface area (Å²) in [6, 6.07) is 18.5. The third kappa shape index (κ3) is 5.21. The van der Waals surface area contributed by atoms with Crippen LogP contribution in [-0.4, -0.2) is 18.5 Å². The lowest BCUT2D eigenvalue weighted by Crippen LogP contribution is -2.45. The first-order chi connectivity index (χ1) is 11.5. The molecule has 0 heterocycles. The fourth-order valence-electron chi connectivity index (χ4n) is 2.16. The lowest BCUT2D eigenvalue weighted by molar-refractivity contribution is -0.118. The zero-order chi connectivity index (χ0) is 17.4. The largest absolute Gasteiger partial charge is 0.510 e. The summed E-state index contributed by atoms with van der Waals surface area (Å²) in [4.78, 5) is 23.4. The van der Waals surface area contributed by atoms with Gasteiger partial charge in [-0.2, -0.15) is 0 Å². The molecule has 5 nitrogen and oxygen atoms in total. The van der Waals surface area contributed by atoms with Gasteiger partial charge < -0.3 is 9.47 Å². The van der Waals surface area contributed by atoms with E-state index in [1.165, 1.54) is 6.92 Å². The molecule has 0 radical (unpaired) electrons. The molecular weight excluding hydrogens is 306 g/mol. The van der Waals surface area contributed by atoms with Crippen LogP contribution in [-0.2, 0) is 26.6 Å². The first-order valence-corrected chi connectivity index (χ1v) is 7.69. The summed E-state index contributed by atoms with van der Waals surface area (Å²) in [6.45, 7) is 3.36. The molecule has 0 aromatic heterocycles. The van der Waals surface area contributed by atoms with Crippen molar-refractivity contribution < 1.29 is 19.1 Å². The maximum absolute atomic E-state index is 12.1. The van der Waals surface area contributed by atoms with Crippen LogP contribution in [0, 0.1) is 0 Å². The maximum Gasteiger partial charge on any atom is 0.510 e. The first kappa shape index (κ1) is 17.7. The molecule has 0 aliphatic rings. The van der Waals surface area contributed by atoms with Gasteiger partial charge in [-0.05, 0) is 19.4 Å². The van der Waals surface area contributed by atoms with E-state index in [1.54, 1.807) is 6.92 Å². The van der Waals surface area contributed by atoms with Gasteiger partial charge >= 0.3 is 6.16 Å². The molecule has 1 N–H and O–H groups in total. The van der Waals surface area contributed by atoms with Gasteiger partial charge in [0.2, 0.25) is 0 Å². The molecule has 0 bridgehead atoms. The lowest BCUT2D eigenvalue weighted by Gasteiger charge is -2.30. The van der Waals surface area contributed by atoms with Gasteiger partial charge in [0.1, 0.15) is 12.4 Å². The van der Waals surface area contributed by atoms with Gasteiger partial charge in [-0.25, -0.2) is 4.79 Å². The molecule has 0 saturated carbocycles. The minimum Gasteiger partial charge on any atom is -0.429 e. The lowest BCUT2D eigenvalue weighted by atomic mass is 10.0. The van der Waals surface area contributed by atoms with Crippen molar-refractivity contribution >= 4 is 11.9 Å². The van der Waals surface area contributed by atoms with Crippen LogP contribution in [0.5, 0.6) is 0 Å². The quantitative estimate of drug-likeness (QED) is 0.624. The number of hydrogen-bond donors (Lipinski definition) is 1. The average Bonchev–Trinajstić information content (AvgIpc) is 2.60. The van der Waals surface area contributed by atoms with E-state index in [0.29, 0.717) is 0 Å². The molecule has 24 heavy (non-hydrogen) atoms. The summed E-state index contributed by atoms with van der Waals surface area (Å²) in [5, 5.41) is 2.97. The molecule has 0 saturated heterocycles. The highest BCUT2D eigenvalue weighted by Crippen LogP contribution is 2.23. The van der Waals surface area contributed by atoms with Crippen LogP contribution < -0.4 is 5.32 Å². The Bertz CT molecular complexity index is 672. The van der Waals surface area contributed by atoms with Gasteiger partial charge in [0.15, 0.2) is 5.72 Å². The van der Waals surface area contributed by atoms with Crippen LogP contribution in [0.15, 0.2) is 60.7 Å². The third-order valence-corrected chi connectivity index (χ3v) is 3.49. The average molecular weight is 327 g/mol. The Morgan fingerprint density at radius 2 is 1.58 bits per heavy atom. The van der Waals surface area contributed by atoms with E-state index in [0.717, 1.165) is 11.1 Å². The molecule has 1 atom stereocenters. The number of Topliss-reactive ketones (excluding diaryl/α,β-unsaturated/α-hetero) is 1. The van der Waals surface area contributed by atoms with Gasteiger partial charge in [-0.15, -0.1) is 0 Å². The van der Waals surface area contributed by atoms with Crippen molar-refractivity contribution in [3.63, 3.8) is 0 Å². The Kier molecular flexibility index (Phi) is 6.09. The summed E-state index contributed by atoms with van der Waals surface area (Å²) < 4.78 is 10.6. The van der Waals surface area contributed by atoms with Crippen molar-refractivity contribution in [2.24, 2.45) is 0 Å². The standard InChI is InChI=1S/C19H21NO4/c1-15(21)13-20-19(2,17-11-7-4-8-12-17)24-18(22)23-14-16-9-5-3-6-10-16/h3-12,20H,13-14H2,1-2H3. The highest BCUT2D eigenvalue weighted by molar-refractivity contribution is 5.77. The monoisotopic (exact) mass is 327 g/mol. The van der Waals surface area contributed by atoms with E-state index < -0.39 is 11.9 Å². The normalized spacial score (nSPS) is 12.9. The molecule has 1 unspecified atom stereocenters. The number of carbonyl (C=O) groups excluding carboxylic acids is 2. The van der Waals surface area contributed by atoms with Crippen molar-refractivity contribution in [1.29, 1.82) is 0 Å². The number of carbonyl (C=O) groups is 2. The molecule has 0 aliphatic carbocycles. The van der Waals surface area contributed by atoms with Crippen LogP contribution in [0.1, 0.15) is 25.0 Å². The van der Waals surface area contributed by atoms with Crippen LogP contribution in [0.4, 0.5) is 4.79 Å². The fourth-order valence-corrected chi connectivity index (χ4v) is 2.16. The van der Waals surface area contributed by atoms with E-state index in [4.69, 9.17) is 9.47 Å². The van der Waals surface area contributed by atoms with E-state index >= 15 is 0 Å². The van der Waals surface area contributed by atoms with E-state index in [1.807, 2.05) is 60.7 Å². The van der Waals surface area contributed by atoms with Gasteiger partial charge in [0.25, 0.3) is 0 Å². The number of ketones is 1. The zero-order valence-corrected chi connectivity index (χ0v) is 13.8. The Labute approximate surface area is 141 Å². The molecule has 0 spiro atoms. The summed E-state index contributed by atoms with van der Waals surface area (Å²) in [5.74, 6) is -0.0570. The smallest absolute Gasteiger partial charge is 0.429 e. The highest BCUT2D eigenvalue weighted by atomic mass is 16.7. The topological polar surface area (TPSA) is 64.6 Å². The molecule has 0 amide bonds. The number of ether oxygens (including phenoxy) is 2. The Morgan fingerprint density at radius 1 is 1.00 bits per heavy atom. The molecule has 2 rings (SSSR count). The summed E-state index contributed by atoms with van der Waals surface area (Å²) >= 11 is 0. The predicted octanol–water partition coefficient (Wildman–Crippen LogP) is 3.39. The molecule has 2 aromatic rings. The van der Waals surface area contributed by atoms with Crippen molar-refractivity contribution in [3.8, 4) is 0 Å². The van der Waals surface area contributed by atoms with Crippen molar-refractivity contribution in [1.82, 2.24) is 5.32 Å². The second kappa shape index (κ2) is 8.26.